The van der Waals surface area contributed by atoms with Gasteiger partial charge in [0, 0.05) is 15.8 Å². The Balaban J connectivity index is 2.31. The molecular formula is C19H27NS. The molecule has 1 aromatic heterocycles. The fourth-order valence-corrected chi connectivity index (χ4v) is 3.96. The van der Waals surface area contributed by atoms with Crippen molar-refractivity contribution in [3.05, 3.63) is 46.8 Å². The van der Waals surface area contributed by atoms with Crippen LogP contribution in [0, 0.1) is 0 Å². The second kappa shape index (κ2) is 7.77. The smallest absolute Gasteiger partial charge is 0.0414 e. The summed E-state index contributed by atoms with van der Waals surface area (Å²) in [4.78, 5) is 2.86. The van der Waals surface area contributed by atoms with Gasteiger partial charge < -0.3 is 5.32 Å². The third-order valence-corrected chi connectivity index (χ3v) is 5.08. The minimum atomic E-state index is 0.505. The molecule has 114 valence electrons. The van der Waals surface area contributed by atoms with Crippen LogP contribution >= 0.6 is 11.3 Å². The summed E-state index contributed by atoms with van der Waals surface area (Å²) in [6.07, 6.45) is 2.42. The lowest BCUT2D eigenvalue weighted by atomic mass is 9.96. The van der Waals surface area contributed by atoms with Gasteiger partial charge in [0.05, 0.1) is 0 Å². The number of hydrogen-bond donors (Lipinski definition) is 1. The molecule has 0 aliphatic carbocycles. The van der Waals surface area contributed by atoms with E-state index in [9.17, 15) is 0 Å². The average Bonchev–Trinajstić information content (AvgIpc) is 2.96. The summed E-state index contributed by atoms with van der Waals surface area (Å²) in [5, 5.41) is 3.61. The zero-order valence-corrected chi connectivity index (χ0v) is 14.5. The predicted octanol–water partition coefficient (Wildman–Crippen LogP) is 5.99. The molecule has 21 heavy (non-hydrogen) atoms. The monoisotopic (exact) mass is 301 g/mol. The van der Waals surface area contributed by atoms with Gasteiger partial charge in [0.2, 0.25) is 0 Å². The van der Waals surface area contributed by atoms with Crippen LogP contribution in [0.3, 0.4) is 0 Å². The SMILES string of the molecule is CCCC(NCC)c1ccc(-c2ccccc2C(C)C)s1. The summed E-state index contributed by atoms with van der Waals surface area (Å²) >= 11 is 1.94. The standard InChI is InChI=1S/C19H27NS/c1-5-9-17(20-6-2)19-13-12-18(21-19)16-11-8-7-10-15(16)14(3)4/h7-8,10-14,17,20H,5-6,9H2,1-4H3. The number of benzene rings is 1. The summed E-state index contributed by atoms with van der Waals surface area (Å²) in [6, 6.07) is 13.9. The quantitative estimate of drug-likeness (QED) is 0.662. The Kier molecular flexibility index (Phi) is 6.01. The largest absolute Gasteiger partial charge is 0.310 e. The van der Waals surface area contributed by atoms with Gasteiger partial charge in [-0.3, -0.25) is 0 Å². The fourth-order valence-electron chi connectivity index (χ4n) is 2.79. The van der Waals surface area contributed by atoms with Crippen LogP contribution in [0.25, 0.3) is 10.4 Å². The van der Waals surface area contributed by atoms with Crippen molar-refractivity contribution in [1.29, 1.82) is 0 Å². The van der Waals surface area contributed by atoms with Crippen LogP contribution < -0.4 is 5.32 Å². The van der Waals surface area contributed by atoms with E-state index in [1.165, 1.54) is 33.7 Å². The topological polar surface area (TPSA) is 12.0 Å². The molecule has 1 N–H and O–H groups in total. The normalized spacial score (nSPS) is 12.8. The lowest BCUT2D eigenvalue weighted by molar-refractivity contribution is 0.516. The molecule has 0 saturated heterocycles. The molecule has 0 fully saturated rings. The number of nitrogens with one attached hydrogen (secondary N) is 1. The van der Waals surface area contributed by atoms with Gasteiger partial charge in [0.25, 0.3) is 0 Å². The van der Waals surface area contributed by atoms with E-state index in [2.05, 4.69) is 69.4 Å². The Morgan fingerprint density at radius 3 is 2.48 bits per heavy atom. The highest BCUT2D eigenvalue weighted by molar-refractivity contribution is 7.15. The van der Waals surface area contributed by atoms with Gasteiger partial charge >= 0.3 is 0 Å². The second-order valence-electron chi connectivity index (χ2n) is 5.84. The molecule has 2 heteroatoms. The average molecular weight is 301 g/mol. The number of hydrogen-bond acceptors (Lipinski definition) is 2. The van der Waals surface area contributed by atoms with Crippen LogP contribution in [0.1, 0.15) is 62.9 Å². The Labute approximate surface area is 133 Å². The van der Waals surface area contributed by atoms with Gasteiger partial charge in [0.1, 0.15) is 0 Å². The highest BCUT2D eigenvalue weighted by atomic mass is 32.1. The van der Waals surface area contributed by atoms with Gasteiger partial charge in [-0.05, 0) is 42.1 Å². The molecule has 1 nitrogen and oxygen atoms in total. The minimum Gasteiger partial charge on any atom is -0.310 e. The van der Waals surface area contributed by atoms with Crippen molar-refractivity contribution in [1.82, 2.24) is 5.32 Å². The lowest BCUT2D eigenvalue weighted by Crippen LogP contribution is -2.19. The van der Waals surface area contributed by atoms with Crippen LogP contribution in [-0.2, 0) is 0 Å². The molecule has 0 amide bonds. The molecule has 1 aromatic carbocycles. The number of rotatable bonds is 7. The molecule has 0 aliphatic rings. The Bertz CT molecular complexity index is 550. The van der Waals surface area contributed by atoms with Crippen LogP contribution in [-0.4, -0.2) is 6.54 Å². The maximum atomic E-state index is 3.61. The zero-order valence-electron chi connectivity index (χ0n) is 13.6. The van der Waals surface area contributed by atoms with Crippen molar-refractivity contribution in [2.45, 2.75) is 52.5 Å². The first kappa shape index (κ1) is 16.3. The molecule has 2 rings (SSSR count). The Morgan fingerprint density at radius 2 is 1.81 bits per heavy atom. The van der Waals surface area contributed by atoms with Crippen molar-refractivity contribution in [2.75, 3.05) is 6.54 Å². The summed E-state index contributed by atoms with van der Waals surface area (Å²) in [5.74, 6) is 0.562. The first-order valence-electron chi connectivity index (χ1n) is 8.09. The van der Waals surface area contributed by atoms with Crippen molar-refractivity contribution in [2.24, 2.45) is 0 Å². The molecular weight excluding hydrogens is 274 g/mol. The molecule has 0 spiro atoms. The van der Waals surface area contributed by atoms with Crippen LogP contribution in [0.5, 0.6) is 0 Å². The fraction of sp³-hybridized carbons (Fsp3) is 0.474. The van der Waals surface area contributed by atoms with Gasteiger partial charge in [-0.15, -0.1) is 11.3 Å². The van der Waals surface area contributed by atoms with Gasteiger partial charge in [0.15, 0.2) is 0 Å². The van der Waals surface area contributed by atoms with Crippen molar-refractivity contribution in [3.8, 4) is 10.4 Å². The second-order valence-corrected chi connectivity index (χ2v) is 6.96. The zero-order chi connectivity index (χ0) is 15.2. The third kappa shape index (κ3) is 3.96. The van der Waals surface area contributed by atoms with Gasteiger partial charge in [-0.2, -0.15) is 0 Å². The third-order valence-electron chi connectivity index (χ3n) is 3.85. The van der Waals surface area contributed by atoms with Gasteiger partial charge in [-0.25, -0.2) is 0 Å². The highest BCUT2D eigenvalue weighted by Crippen LogP contribution is 2.36. The van der Waals surface area contributed by atoms with Crippen LogP contribution in [0.15, 0.2) is 36.4 Å². The van der Waals surface area contributed by atoms with Crippen molar-refractivity contribution in [3.63, 3.8) is 0 Å². The summed E-state index contributed by atoms with van der Waals surface area (Å²) in [6.45, 7) is 10.0. The summed E-state index contributed by atoms with van der Waals surface area (Å²) in [5.41, 5.74) is 2.84. The molecule has 1 unspecified atom stereocenters. The van der Waals surface area contributed by atoms with Crippen LogP contribution in [0.4, 0.5) is 0 Å². The molecule has 0 aliphatic heterocycles. The first-order chi connectivity index (χ1) is 10.2. The molecule has 0 radical (unpaired) electrons. The Morgan fingerprint density at radius 1 is 1.05 bits per heavy atom. The van der Waals surface area contributed by atoms with E-state index >= 15 is 0 Å². The predicted molar refractivity (Wildman–Crippen MR) is 95.2 cm³/mol. The maximum Gasteiger partial charge on any atom is 0.0414 e. The van der Waals surface area contributed by atoms with E-state index in [1.54, 1.807) is 0 Å². The lowest BCUT2D eigenvalue weighted by Gasteiger charge is -2.15. The number of thiophene rings is 1. The van der Waals surface area contributed by atoms with E-state index in [1.807, 2.05) is 11.3 Å². The maximum absolute atomic E-state index is 3.61. The molecule has 1 atom stereocenters. The minimum absolute atomic E-state index is 0.505. The molecule has 0 bridgehead atoms. The van der Waals surface area contributed by atoms with Crippen molar-refractivity contribution < 1.29 is 0 Å². The summed E-state index contributed by atoms with van der Waals surface area (Å²) in [7, 11) is 0. The van der Waals surface area contributed by atoms with E-state index in [0.717, 1.165) is 6.54 Å². The van der Waals surface area contributed by atoms with E-state index in [4.69, 9.17) is 0 Å². The van der Waals surface area contributed by atoms with Gasteiger partial charge in [-0.1, -0.05) is 58.4 Å². The van der Waals surface area contributed by atoms with Crippen LogP contribution in [0.2, 0.25) is 0 Å². The first-order valence-corrected chi connectivity index (χ1v) is 8.91. The van der Waals surface area contributed by atoms with E-state index in [0.29, 0.717) is 12.0 Å². The Hall–Kier alpha value is -1.12. The highest BCUT2D eigenvalue weighted by Gasteiger charge is 2.14. The van der Waals surface area contributed by atoms with Crippen molar-refractivity contribution >= 4 is 11.3 Å². The van der Waals surface area contributed by atoms with E-state index in [-0.39, 0.29) is 0 Å². The van der Waals surface area contributed by atoms with E-state index < -0.39 is 0 Å². The molecule has 2 aromatic rings. The summed E-state index contributed by atoms with van der Waals surface area (Å²) < 4.78 is 0. The molecule has 0 saturated carbocycles. The molecule has 1 heterocycles.